The van der Waals surface area contributed by atoms with Crippen LogP contribution in [0.3, 0.4) is 0 Å². The number of hydrogen-bond acceptors (Lipinski definition) is 19. The monoisotopic (exact) mass is 1050 g/mol. The summed E-state index contributed by atoms with van der Waals surface area (Å²) in [7, 11) is 0. The van der Waals surface area contributed by atoms with Crippen molar-refractivity contribution in [2.45, 2.75) is 77.1 Å². The molecule has 5 aromatic rings. The average molecular weight is 1050 g/mol. The fourth-order valence-corrected chi connectivity index (χ4v) is 8.02. The number of carbonyl (C=O) groups is 6. The van der Waals surface area contributed by atoms with Crippen LogP contribution in [0.1, 0.15) is 85.2 Å². The van der Waals surface area contributed by atoms with Gasteiger partial charge in [-0.1, -0.05) is 49.3 Å². The lowest BCUT2D eigenvalue weighted by Gasteiger charge is -2.34. The van der Waals surface area contributed by atoms with Gasteiger partial charge in [-0.15, -0.1) is 0 Å². The van der Waals surface area contributed by atoms with Gasteiger partial charge in [0.1, 0.15) is 41.7 Å². The molecule has 18 nitrogen and oxygen atoms in total. The number of anilines is 1. The van der Waals surface area contributed by atoms with Crippen LogP contribution < -0.4 is 19.6 Å². The Balaban J connectivity index is 1.20. The molecule has 0 spiro atoms. The minimum absolute atomic E-state index is 0.0225. The number of benzene rings is 4. The number of nitrogens with one attached hydrogen (secondary N) is 1. The van der Waals surface area contributed by atoms with E-state index >= 15 is 0 Å². The van der Waals surface area contributed by atoms with E-state index in [9.17, 15) is 28.8 Å². The van der Waals surface area contributed by atoms with Crippen molar-refractivity contribution in [1.82, 2.24) is 4.98 Å². The van der Waals surface area contributed by atoms with Gasteiger partial charge in [0.05, 0.1) is 53.8 Å². The molecule has 75 heavy (non-hydrogen) atoms. The summed E-state index contributed by atoms with van der Waals surface area (Å²) in [5.41, 5.74) is 3.96. The largest absolute Gasteiger partial charge is 0.490 e. The van der Waals surface area contributed by atoms with Crippen molar-refractivity contribution in [1.29, 1.82) is 0 Å². The normalized spacial score (nSPS) is 11.7. The summed E-state index contributed by atoms with van der Waals surface area (Å²) in [5, 5.41) is 4.95. The number of thiazole rings is 1. The molecule has 1 unspecified atom stereocenters. The Bertz CT molecular complexity index is 2770. The minimum atomic E-state index is -0.851. The van der Waals surface area contributed by atoms with Crippen LogP contribution in [-0.4, -0.2) is 104 Å². The fraction of sp³-hybridized carbons (Fsp3) is 0.321. The number of nitrogens with zero attached hydrogens (tertiary/aromatic N) is 2. The van der Waals surface area contributed by atoms with E-state index in [1.54, 1.807) is 68.4 Å². The van der Waals surface area contributed by atoms with Crippen molar-refractivity contribution in [3.05, 3.63) is 151 Å². The van der Waals surface area contributed by atoms with Crippen molar-refractivity contribution < 1.29 is 71.4 Å². The van der Waals surface area contributed by atoms with Crippen LogP contribution in [0.25, 0.3) is 10.2 Å². The number of aromatic nitrogens is 1. The third-order valence-electron chi connectivity index (χ3n) is 10.4. The predicted molar refractivity (Wildman–Crippen MR) is 281 cm³/mol. The van der Waals surface area contributed by atoms with Gasteiger partial charge in [-0.25, -0.2) is 29.0 Å². The Hall–Kier alpha value is -8.16. The van der Waals surface area contributed by atoms with Gasteiger partial charge in [-0.05, 0) is 119 Å². The Morgan fingerprint density at radius 1 is 0.707 bits per heavy atom. The molecule has 0 aliphatic carbocycles. The van der Waals surface area contributed by atoms with Crippen LogP contribution >= 0.6 is 11.3 Å². The van der Waals surface area contributed by atoms with Crippen molar-refractivity contribution in [3.63, 3.8) is 0 Å². The zero-order valence-corrected chi connectivity index (χ0v) is 43.2. The molecule has 0 saturated carbocycles. The second-order valence-electron chi connectivity index (χ2n) is 17.7. The maximum absolute atomic E-state index is 13.6. The van der Waals surface area contributed by atoms with E-state index in [2.05, 4.69) is 35.2 Å². The second-order valence-corrected chi connectivity index (χ2v) is 18.7. The van der Waals surface area contributed by atoms with Crippen molar-refractivity contribution >= 4 is 68.7 Å². The van der Waals surface area contributed by atoms with E-state index in [1.165, 1.54) is 29.7 Å². The van der Waals surface area contributed by atoms with Gasteiger partial charge >= 0.3 is 35.8 Å². The van der Waals surface area contributed by atoms with E-state index < -0.39 is 53.1 Å². The topological polar surface area (TPSA) is 223 Å². The molecule has 1 atom stereocenters. The van der Waals surface area contributed by atoms with Gasteiger partial charge in [0.25, 0.3) is 0 Å². The molecule has 4 aromatic carbocycles. The SMILES string of the molecule is C=CC(=O)OCCCCOCC(COc1ccc(C(=O)Oc2ccc(CCOC(=O)c3ccc(OC(C)(C)CC(C)(C)OC(=O)C=C)cc3)cc2/C=N/Nc2nc3ccccc3s2)cc1)OC(=O)CCOC(=O)C=C. The molecule has 5 rings (SSSR count). The molecule has 0 saturated heterocycles. The zero-order chi connectivity index (χ0) is 54.2. The van der Waals surface area contributed by atoms with Crippen LogP contribution in [0.15, 0.2) is 134 Å². The number of unbranched alkanes of at least 4 members (excludes halogenated alkanes) is 1. The molecule has 1 N–H and O–H groups in total. The molecule has 0 amide bonds. The van der Waals surface area contributed by atoms with E-state index in [1.807, 2.05) is 38.1 Å². The maximum Gasteiger partial charge on any atom is 0.343 e. The van der Waals surface area contributed by atoms with Gasteiger partial charge in [0.2, 0.25) is 5.13 Å². The van der Waals surface area contributed by atoms with Crippen molar-refractivity contribution in [3.8, 4) is 17.2 Å². The number of carbonyl (C=O) groups excluding carboxylic acids is 6. The molecule has 19 heteroatoms. The fourth-order valence-electron chi connectivity index (χ4n) is 7.20. The quantitative estimate of drug-likeness (QED) is 0.00830. The summed E-state index contributed by atoms with van der Waals surface area (Å²) in [4.78, 5) is 78.2. The van der Waals surface area contributed by atoms with Crippen molar-refractivity contribution in [2.75, 3.05) is 45.1 Å². The highest BCUT2D eigenvalue weighted by Gasteiger charge is 2.33. The lowest BCUT2D eigenvalue weighted by atomic mass is 9.92. The minimum Gasteiger partial charge on any atom is -0.490 e. The van der Waals surface area contributed by atoms with Crippen LogP contribution in [-0.2, 0) is 54.0 Å². The molecular weight excluding hydrogens is 987 g/mol. The van der Waals surface area contributed by atoms with Gasteiger partial charge in [-0.3, -0.25) is 10.2 Å². The van der Waals surface area contributed by atoms with Gasteiger partial charge in [-0.2, -0.15) is 5.10 Å². The Labute approximate surface area is 439 Å². The smallest absolute Gasteiger partial charge is 0.343 e. The first-order chi connectivity index (χ1) is 35.9. The summed E-state index contributed by atoms with van der Waals surface area (Å²) >= 11 is 1.42. The molecular formula is C56H61N3O15S. The summed E-state index contributed by atoms with van der Waals surface area (Å²) < 4.78 is 51.1. The molecule has 1 heterocycles. The molecule has 0 aliphatic rings. The third kappa shape index (κ3) is 20.3. The predicted octanol–water partition coefficient (Wildman–Crippen LogP) is 9.35. The molecule has 396 valence electrons. The number of hydrazone groups is 1. The zero-order valence-electron chi connectivity index (χ0n) is 42.4. The Morgan fingerprint density at radius 2 is 1.36 bits per heavy atom. The average Bonchev–Trinajstić information content (AvgIpc) is 3.80. The van der Waals surface area contributed by atoms with Gasteiger partial charge < -0.3 is 42.6 Å². The van der Waals surface area contributed by atoms with E-state index in [-0.39, 0.29) is 57.4 Å². The summed E-state index contributed by atoms with van der Waals surface area (Å²) in [6.45, 7) is 17.7. The number of ether oxygens (including phenoxy) is 9. The number of fused-ring (bicyclic) bond motifs is 1. The standard InChI is InChI=1S/C56H61N3O15S/c1-8-48(60)67-30-14-13-29-66-35-44(71-51(63)28-32-68-49(61)9-2)36-70-42-22-18-40(19-23-42)53(65)72-46-26-17-38(33-41(46)34-57-59-54-58-45-15-11-12-16-47(45)75-54)27-31-69-52(64)39-20-24-43(25-21-39)73-55(4,5)37-56(6,7)74-50(62)10-3/h8-12,15-26,33-34,44H,1-3,13-14,27-32,35-37H2,4-7H3,(H,58,59)/b57-34+. The Morgan fingerprint density at radius 3 is 2.05 bits per heavy atom. The highest BCUT2D eigenvalue weighted by atomic mass is 32.1. The molecule has 1 aromatic heterocycles. The first-order valence-electron chi connectivity index (χ1n) is 23.8. The maximum atomic E-state index is 13.6. The number of esters is 6. The summed E-state index contributed by atoms with van der Waals surface area (Å²) in [6.07, 6.45) is 5.44. The summed E-state index contributed by atoms with van der Waals surface area (Å²) in [6, 6.07) is 25.5. The Kier molecular flexibility index (Phi) is 22.3. The molecule has 0 aliphatic heterocycles. The van der Waals surface area contributed by atoms with Gasteiger partial charge in [0, 0.05) is 43.2 Å². The van der Waals surface area contributed by atoms with Crippen LogP contribution in [0.2, 0.25) is 0 Å². The number of rotatable bonds is 31. The molecule has 0 bridgehead atoms. The highest BCUT2D eigenvalue weighted by molar-refractivity contribution is 7.22. The molecule has 0 fully saturated rings. The van der Waals surface area contributed by atoms with E-state index in [4.69, 9.17) is 42.6 Å². The van der Waals surface area contributed by atoms with Crippen molar-refractivity contribution in [2.24, 2.45) is 5.10 Å². The summed E-state index contributed by atoms with van der Waals surface area (Å²) in [5.74, 6) is -2.50. The van der Waals surface area contributed by atoms with Crippen LogP contribution in [0, 0.1) is 0 Å². The van der Waals surface area contributed by atoms with Crippen LogP contribution in [0.5, 0.6) is 17.2 Å². The first kappa shape index (κ1) is 57.7. The number of para-hydroxylation sites is 1. The van der Waals surface area contributed by atoms with E-state index in [0.29, 0.717) is 53.4 Å². The van der Waals surface area contributed by atoms with Crippen LogP contribution in [0.4, 0.5) is 5.13 Å². The lowest BCUT2D eigenvalue weighted by molar-refractivity contribution is -0.156. The molecule has 0 radical (unpaired) electrons. The third-order valence-corrected chi connectivity index (χ3v) is 11.3. The number of hydrogen-bond donors (Lipinski definition) is 1. The first-order valence-corrected chi connectivity index (χ1v) is 24.7. The second kappa shape index (κ2) is 28.9. The van der Waals surface area contributed by atoms with E-state index in [0.717, 1.165) is 34.0 Å². The highest BCUT2D eigenvalue weighted by Crippen LogP contribution is 2.30. The van der Waals surface area contributed by atoms with Gasteiger partial charge in [0.15, 0.2) is 6.10 Å². The lowest BCUT2D eigenvalue weighted by Crippen LogP contribution is -2.40.